The molecule has 0 amide bonds. The standard InChI is InChI=1S/C11H22O3/c1-3-14-10(2,9-12)11(13)7-5-4-6-8-11/h12-13H,3-9H2,1-2H3. The van der Waals surface area contributed by atoms with Crippen molar-refractivity contribution in [2.45, 2.75) is 57.2 Å². The molecule has 3 heteroatoms. The van der Waals surface area contributed by atoms with Gasteiger partial charge in [-0.1, -0.05) is 19.3 Å². The van der Waals surface area contributed by atoms with Gasteiger partial charge in [-0.25, -0.2) is 0 Å². The summed E-state index contributed by atoms with van der Waals surface area (Å²) in [5, 5.41) is 19.8. The van der Waals surface area contributed by atoms with Crippen molar-refractivity contribution in [1.29, 1.82) is 0 Å². The van der Waals surface area contributed by atoms with Gasteiger partial charge in [0.2, 0.25) is 0 Å². The van der Waals surface area contributed by atoms with Gasteiger partial charge >= 0.3 is 0 Å². The molecule has 0 bridgehead atoms. The van der Waals surface area contributed by atoms with Gasteiger partial charge in [-0.2, -0.15) is 0 Å². The molecule has 0 saturated heterocycles. The van der Waals surface area contributed by atoms with Crippen LogP contribution in [0.1, 0.15) is 46.0 Å². The summed E-state index contributed by atoms with van der Waals surface area (Å²) in [5.41, 5.74) is -1.63. The molecule has 3 nitrogen and oxygen atoms in total. The van der Waals surface area contributed by atoms with Gasteiger partial charge in [-0.15, -0.1) is 0 Å². The van der Waals surface area contributed by atoms with E-state index in [9.17, 15) is 10.2 Å². The normalized spacial score (nSPS) is 25.7. The second-order valence-corrected chi connectivity index (χ2v) is 4.41. The lowest BCUT2D eigenvalue weighted by atomic mass is 9.73. The van der Waals surface area contributed by atoms with Crippen LogP contribution in [0.3, 0.4) is 0 Å². The summed E-state index contributed by atoms with van der Waals surface area (Å²) in [5.74, 6) is 0. The molecule has 0 heterocycles. The Morgan fingerprint density at radius 2 is 1.86 bits per heavy atom. The summed E-state index contributed by atoms with van der Waals surface area (Å²) in [6.07, 6.45) is 4.71. The fourth-order valence-electron chi connectivity index (χ4n) is 2.31. The summed E-state index contributed by atoms with van der Waals surface area (Å²) >= 11 is 0. The Balaban J connectivity index is 2.73. The molecule has 0 radical (unpaired) electrons. The Hall–Kier alpha value is -0.120. The molecule has 1 atom stereocenters. The molecule has 14 heavy (non-hydrogen) atoms. The number of hydrogen-bond acceptors (Lipinski definition) is 3. The number of ether oxygens (including phenoxy) is 1. The molecule has 0 aromatic carbocycles. The second-order valence-electron chi connectivity index (χ2n) is 4.41. The van der Waals surface area contributed by atoms with Crippen molar-refractivity contribution in [2.75, 3.05) is 13.2 Å². The highest BCUT2D eigenvalue weighted by molar-refractivity contribution is 4.99. The second kappa shape index (κ2) is 4.60. The van der Waals surface area contributed by atoms with E-state index in [4.69, 9.17) is 4.74 Å². The molecule has 84 valence electrons. The molecule has 0 aromatic rings. The molecule has 0 aromatic heterocycles. The molecule has 1 fully saturated rings. The van der Waals surface area contributed by atoms with Gasteiger partial charge < -0.3 is 14.9 Å². The van der Waals surface area contributed by atoms with Crippen LogP contribution in [0.15, 0.2) is 0 Å². The zero-order chi connectivity index (χ0) is 10.7. The average Bonchev–Trinajstić information content (AvgIpc) is 2.19. The third-order valence-electron chi connectivity index (χ3n) is 3.43. The van der Waals surface area contributed by atoms with E-state index in [1.807, 2.05) is 13.8 Å². The van der Waals surface area contributed by atoms with Crippen molar-refractivity contribution in [2.24, 2.45) is 0 Å². The van der Waals surface area contributed by atoms with Crippen LogP contribution in [0, 0.1) is 0 Å². The fraction of sp³-hybridized carbons (Fsp3) is 1.00. The summed E-state index contributed by atoms with van der Waals surface area (Å²) < 4.78 is 5.52. The largest absolute Gasteiger partial charge is 0.393 e. The first kappa shape index (κ1) is 12.0. The predicted octanol–water partition coefficient (Wildman–Crippen LogP) is 1.47. The quantitative estimate of drug-likeness (QED) is 0.725. The van der Waals surface area contributed by atoms with Crippen LogP contribution in [-0.2, 0) is 4.74 Å². The lowest BCUT2D eigenvalue weighted by Crippen LogP contribution is -2.57. The van der Waals surface area contributed by atoms with Crippen molar-refractivity contribution in [3.63, 3.8) is 0 Å². The first-order valence-corrected chi connectivity index (χ1v) is 5.55. The monoisotopic (exact) mass is 202 g/mol. The van der Waals surface area contributed by atoms with Crippen LogP contribution in [0.5, 0.6) is 0 Å². The first-order chi connectivity index (χ1) is 6.58. The van der Waals surface area contributed by atoms with E-state index < -0.39 is 11.2 Å². The molecule has 1 rings (SSSR count). The van der Waals surface area contributed by atoms with Gasteiger partial charge in [0.05, 0.1) is 12.2 Å². The van der Waals surface area contributed by atoms with Crippen molar-refractivity contribution >= 4 is 0 Å². The molecule has 1 aliphatic rings. The summed E-state index contributed by atoms with van der Waals surface area (Å²) in [6, 6.07) is 0. The maximum Gasteiger partial charge on any atom is 0.117 e. The molecule has 1 aliphatic carbocycles. The zero-order valence-corrected chi connectivity index (χ0v) is 9.25. The number of aliphatic hydroxyl groups excluding tert-OH is 1. The van der Waals surface area contributed by atoms with Gasteiger partial charge in [0, 0.05) is 6.61 Å². The van der Waals surface area contributed by atoms with Crippen LogP contribution in [0.25, 0.3) is 0 Å². The van der Waals surface area contributed by atoms with E-state index in [0.717, 1.165) is 25.7 Å². The summed E-state index contributed by atoms with van der Waals surface area (Å²) in [4.78, 5) is 0. The minimum absolute atomic E-state index is 0.114. The van der Waals surface area contributed by atoms with Gasteiger partial charge in [0.15, 0.2) is 0 Å². The van der Waals surface area contributed by atoms with Crippen LogP contribution in [-0.4, -0.2) is 34.6 Å². The fourth-order valence-corrected chi connectivity index (χ4v) is 2.31. The first-order valence-electron chi connectivity index (χ1n) is 5.55. The van der Waals surface area contributed by atoms with Crippen molar-refractivity contribution < 1.29 is 14.9 Å². The van der Waals surface area contributed by atoms with Crippen LogP contribution >= 0.6 is 0 Å². The Morgan fingerprint density at radius 3 is 2.29 bits per heavy atom. The molecule has 0 aliphatic heterocycles. The van der Waals surface area contributed by atoms with Crippen molar-refractivity contribution in [3.8, 4) is 0 Å². The predicted molar refractivity (Wildman–Crippen MR) is 55.2 cm³/mol. The van der Waals surface area contributed by atoms with E-state index in [1.165, 1.54) is 6.42 Å². The lowest BCUT2D eigenvalue weighted by Gasteiger charge is -2.45. The molecule has 1 unspecified atom stereocenters. The molecule has 1 saturated carbocycles. The molecular formula is C11H22O3. The zero-order valence-electron chi connectivity index (χ0n) is 9.25. The Labute approximate surface area is 86.1 Å². The number of rotatable bonds is 4. The SMILES string of the molecule is CCOC(C)(CO)C1(O)CCCCC1. The van der Waals surface area contributed by atoms with Crippen molar-refractivity contribution in [1.82, 2.24) is 0 Å². The minimum atomic E-state index is -0.837. The van der Waals surface area contributed by atoms with Crippen LogP contribution in [0.4, 0.5) is 0 Å². The highest BCUT2D eigenvalue weighted by Crippen LogP contribution is 2.38. The van der Waals surface area contributed by atoms with E-state index in [0.29, 0.717) is 6.61 Å². The maximum absolute atomic E-state index is 10.4. The van der Waals surface area contributed by atoms with Crippen LogP contribution < -0.4 is 0 Å². The van der Waals surface area contributed by atoms with Gasteiger partial charge in [0.25, 0.3) is 0 Å². The Bertz CT molecular complexity index is 168. The average molecular weight is 202 g/mol. The summed E-state index contributed by atoms with van der Waals surface area (Å²) in [6.45, 7) is 4.11. The Morgan fingerprint density at radius 1 is 1.29 bits per heavy atom. The summed E-state index contributed by atoms with van der Waals surface area (Å²) in [7, 11) is 0. The van der Waals surface area contributed by atoms with Gasteiger partial charge in [0.1, 0.15) is 5.60 Å². The van der Waals surface area contributed by atoms with Crippen LogP contribution in [0.2, 0.25) is 0 Å². The molecule has 0 spiro atoms. The van der Waals surface area contributed by atoms with Crippen molar-refractivity contribution in [3.05, 3.63) is 0 Å². The van der Waals surface area contributed by atoms with Gasteiger partial charge in [-0.3, -0.25) is 0 Å². The lowest BCUT2D eigenvalue weighted by molar-refractivity contribution is -0.202. The van der Waals surface area contributed by atoms with Gasteiger partial charge in [-0.05, 0) is 26.7 Å². The minimum Gasteiger partial charge on any atom is -0.393 e. The number of aliphatic hydroxyl groups is 2. The highest BCUT2D eigenvalue weighted by atomic mass is 16.5. The topological polar surface area (TPSA) is 49.7 Å². The third-order valence-corrected chi connectivity index (χ3v) is 3.43. The third kappa shape index (κ3) is 2.10. The maximum atomic E-state index is 10.4. The molecule has 2 N–H and O–H groups in total. The highest BCUT2D eigenvalue weighted by Gasteiger charge is 2.47. The van der Waals surface area contributed by atoms with E-state index >= 15 is 0 Å². The smallest absolute Gasteiger partial charge is 0.117 e. The molecular weight excluding hydrogens is 180 g/mol. The Kier molecular flexibility index (Phi) is 3.93. The number of hydrogen-bond donors (Lipinski definition) is 2. The van der Waals surface area contributed by atoms with E-state index in [2.05, 4.69) is 0 Å². The van der Waals surface area contributed by atoms with E-state index in [1.54, 1.807) is 0 Å². The van der Waals surface area contributed by atoms with E-state index in [-0.39, 0.29) is 6.61 Å².